The molecule has 1 aromatic heterocycles. The van der Waals surface area contributed by atoms with E-state index in [4.69, 9.17) is 9.57 Å². The van der Waals surface area contributed by atoms with Gasteiger partial charge < -0.3 is 14.9 Å². The van der Waals surface area contributed by atoms with E-state index in [1.54, 1.807) is 6.21 Å². The molecule has 0 aliphatic heterocycles. The van der Waals surface area contributed by atoms with E-state index in [0.717, 1.165) is 25.6 Å². The number of nitrogens with zero attached hydrogens (tertiary/aromatic N) is 2. The lowest BCUT2D eigenvalue weighted by molar-refractivity contribution is -0.126. The van der Waals surface area contributed by atoms with Crippen LogP contribution in [0.15, 0.2) is 59.9 Å². The number of halogens is 1. The van der Waals surface area contributed by atoms with Crippen molar-refractivity contribution < 1.29 is 14.4 Å². The van der Waals surface area contributed by atoms with Crippen LogP contribution in [-0.4, -0.2) is 34.3 Å². The fourth-order valence-corrected chi connectivity index (χ4v) is 4.17. The fraction of sp³-hybridized carbons (Fsp3) is 0.320. The van der Waals surface area contributed by atoms with E-state index in [9.17, 15) is 4.79 Å². The zero-order valence-corrected chi connectivity index (χ0v) is 22.1. The van der Waals surface area contributed by atoms with Gasteiger partial charge in [-0.05, 0) is 78.9 Å². The second-order valence-corrected chi connectivity index (χ2v) is 10.4. The Morgan fingerprint density at radius 2 is 2.03 bits per heavy atom. The number of amides is 1. The summed E-state index contributed by atoms with van der Waals surface area (Å²) in [5, 5.41) is 8.06. The Balaban J connectivity index is 1.57. The quantitative estimate of drug-likeness (QED) is 0.145. The first-order chi connectivity index (χ1) is 15.8. The van der Waals surface area contributed by atoms with Crippen LogP contribution in [0.1, 0.15) is 31.4 Å². The molecule has 3 aromatic rings. The molecule has 1 amide bonds. The molecule has 6 nitrogen and oxygen atoms in total. The molecule has 1 heterocycles. The largest absolute Gasteiger partial charge is 0.470 e. The van der Waals surface area contributed by atoms with Crippen molar-refractivity contribution in [2.24, 2.45) is 5.16 Å². The maximum atomic E-state index is 12.9. The van der Waals surface area contributed by atoms with Crippen LogP contribution in [0.3, 0.4) is 0 Å². The summed E-state index contributed by atoms with van der Waals surface area (Å²) in [7, 11) is 0. The number of thioether (sulfide) groups is 1. The predicted octanol–water partition coefficient (Wildman–Crippen LogP) is 5.70. The van der Waals surface area contributed by atoms with Crippen LogP contribution in [0.4, 0.5) is 0 Å². The molecule has 174 valence electrons. The monoisotopic (exact) mass is 577 g/mol. The number of carbonyl (C=O) groups excluding carboxylic acids is 1. The van der Waals surface area contributed by atoms with E-state index in [1.807, 2.05) is 75.7 Å². The van der Waals surface area contributed by atoms with Gasteiger partial charge in [0.2, 0.25) is 5.44 Å². The molecule has 1 atom stereocenters. The predicted molar refractivity (Wildman–Crippen MR) is 144 cm³/mol. The fourth-order valence-electron chi connectivity index (χ4n) is 3.22. The number of benzene rings is 2. The van der Waals surface area contributed by atoms with E-state index < -0.39 is 11.0 Å². The normalized spacial score (nSPS) is 12.6. The van der Waals surface area contributed by atoms with Gasteiger partial charge in [0.05, 0.1) is 5.52 Å². The molecule has 0 aliphatic rings. The number of fused-ring (bicyclic) bond motifs is 1. The van der Waals surface area contributed by atoms with Gasteiger partial charge >= 0.3 is 0 Å². The third-order valence-electron chi connectivity index (χ3n) is 4.87. The van der Waals surface area contributed by atoms with E-state index in [0.29, 0.717) is 18.8 Å². The number of aromatic nitrogens is 1. The molecule has 0 fully saturated rings. The number of carbonyl (C=O) groups is 1. The van der Waals surface area contributed by atoms with E-state index in [2.05, 4.69) is 44.1 Å². The molecule has 1 unspecified atom stereocenters. The summed E-state index contributed by atoms with van der Waals surface area (Å²) in [6.07, 6.45) is 5.90. The van der Waals surface area contributed by atoms with Gasteiger partial charge in [-0.15, -0.1) is 11.8 Å². The van der Waals surface area contributed by atoms with Crippen molar-refractivity contribution in [3.05, 3.63) is 69.4 Å². The Kier molecular flexibility index (Phi) is 8.96. The number of rotatable bonds is 10. The number of hydrogen-bond acceptors (Lipinski definition) is 6. The Bertz CT molecular complexity index is 1120. The second kappa shape index (κ2) is 11.7. The first-order valence-electron chi connectivity index (χ1n) is 10.5. The zero-order chi connectivity index (χ0) is 23.8. The summed E-state index contributed by atoms with van der Waals surface area (Å²) in [6, 6.07) is 15.7. The summed E-state index contributed by atoms with van der Waals surface area (Å²) in [4.78, 5) is 22.8. The number of ether oxygens (including phenoxy) is 1. The standard InChI is InChI=1S/C25H28IN3O3S/c1-17-12-21(14-19-13-20(26)15-27-22(17)19)32-24(33-4)23(30)29-25(2,3)10-11-28-31-16-18-8-6-5-7-9-18/h5-9,11-15,24H,10,16H2,1-4H3,(H,29,30)/b28-11+. The third-order valence-corrected chi connectivity index (χ3v) is 6.20. The van der Waals surface area contributed by atoms with E-state index in [1.165, 1.54) is 11.8 Å². The van der Waals surface area contributed by atoms with Crippen LogP contribution in [0.25, 0.3) is 10.9 Å². The van der Waals surface area contributed by atoms with Gasteiger partial charge in [-0.1, -0.05) is 35.5 Å². The number of oxime groups is 1. The van der Waals surface area contributed by atoms with Gasteiger partial charge in [0.15, 0.2) is 0 Å². The Morgan fingerprint density at radius 3 is 2.76 bits per heavy atom. The van der Waals surface area contributed by atoms with Gasteiger partial charge in [0.25, 0.3) is 5.91 Å². The average Bonchev–Trinajstić information content (AvgIpc) is 2.77. The van der Waals surface area contributed by atoms with Crippen molar-refractivity contribution >= 4 is 57.4 Å². The summed E-state index contributed by atoms with van der Waals surface area (Å²) >= 11 is 3.58. The maximum absolute atomic E-state index is 12.9. The molecule has 8 heteroatoms. The number of pyridine rings is 1. The molecule has 3 rings (SSSR count). The summed E-state index contributed by atoms with van der Waals surface area (Å²) < 4.78 is 7.10. The average molecular weight is 577 g/mol. The van der Waals surface area contributed by atoms with E-state index in [-0.39, 0.29) is 5.91 Å². The van der Waals surface area contributed by atoms with Gasteiger partial charge in [0, 0.05) is 33.3 Å². The van der Waals surface area contributed by atoms with Gasteiger partial charge in [0.1, 0.15) is 12.4 Å². The highest BCUT2D eigenvalue weighted by Crippen LogP contribution is 2.27. The smallest absolute Gasteiger partial charge is 0.272 e. The van der Waals surface area contributed by atoms with Crippen LogP contribution in [-0.2, 0) is 16.2 Å². The van der Waals surface area contributed by atoms with Crippen LogP contribution in [0.2, 0.25) is 0 Å². The molecular weight excluding hydrogens is 549 g/mol. The van der Waals surface area contributed by atoms with Crippen molar-refractivity contribution in [1.82, 2.24) is 10.3 Å². The molecule has 0 radical (unpaired) electrons. The van der Waals surface area contributed by atoms with Crippen LogP contribution < -0.4 is 10.1 Å². The van der Waals surface area contributed by atoms with Crippen molar-refractivity contribution in [2.75, 3.05) is 6.26 Å². The second-order valence-electron chi connectivity index (χ2n) is 8.28. The van der Waals surface area contributed by atoms with Crippen molar-refractivity contribution in [2.45, 2.75) is 44.8 Å². The zero-order valence-electron chi connectivity index (χ0n) is 19.2. The molecule has 1 N–H and O–H groups in total. The highest BCUT2D eigenvalue weighted by atomic mass is 127. The minimum Gasteiger partial charge on any atom is -0.470 e. The van der Waals surface area contributed by atoms with Gasteiger partial charge in [-0.3, -0.25) is 9.78 Å². The lowest BCUT2D eigenvalue weighted by Crippen LogP contribution is -2.48. The third kappa shape index (κ3) is 7.60. The summed E-state index contributed by atoms with van der Waals surface area (Å²) in [6.45, 7) is 6.29. The van der Waals surface area contributed by atoms with Crippen molar-refractivity contribution in [3.8, 4) is 5.75 Å². The SMILES string of the molecule is CSC(Oc1cc(C)c2ncc(I)cc2c1)C(=O)NC(C)(C)C/C=N/OCc1ccccc1. The number of nitrogens with one attached hydrogen (secondary N) is 1. The molecule has 0 bridgehead atoms. The number of hydrogen-bond donors (Lipinski definition) is 1. The van der Waals surface area contributed by atoms with Crippen molar-refractivity contribution in [1.29, 1.82) is 0 Å². The van der Waals surface area contributed by atoms with Crippen LogP contribution >= 0.6 is 34.4 Å². The van der Waals surface area contributed by atoms with Gasteiger partial charge in [-0.25, -0.2) is 0 Å². The maximum Gasteiger partial charge on any atom is 0.272 e. The first-order valence-corrected chi connectivity index (χ1v) is 12.9. The minimum atomic E-state index is -0.678. The molecule has 0 saturated carbocycles. The lowest BCUT2D eigenvalue weighted by atomic mass is 10.0. The molecule has 0 aliphatic carbocycles. The van der Waals surface area contributed by atoms with Crippen LogP contribution in [0.5, 0.6) is 5.75 Å². The highest BCUT2D eigenvalue weighted by Gasteiger charge is 2.26. The Hall–Kier alpha value is -2.33. The van der Waals surface area contributed by atoms with E-state index >= 15 is 0 Å². The lowest BCUT2D eigenvalue weighted by Gasteiger charge is -2.27. The summed E-state index contributed by atoms with van der Waals surface area (Å²) in [5.41, 5.74) is 1.81. The molecule has 0 spiro atoms. The Labute approximate surface area is 212 Å². The first kappa shape index (κ1) is 25.3. The molecule has 2 aromatic carbocycles. The summed E-state index contributed by atoms with van der Waals surface area (Å²) in [5.74, 6) is 0.455. The molecular formula is C25H28IN3O3S. The Morgan fingerprint density at radius 1 is 1.27 bits per heavy atom. The topological polar surface area (TPSA) is 72.8 Å². The number of aryl methyl sites for hydroxylation is 1. The van der Waals surface area contributed by atoms with Crippen molar-refractivity contribution in [3.63, 3.8) is 0 Å². The van der Waals surface area contributed by atoms with Crippen LogP contribution in [0, 0.1) is 10.5 Å². The minimum absolute atomic E-state index is 0.190. The molecule has 0 saturated heterocycles. The highest BCUT2D eigenvalue weighted by molar-refractivity contribution is 14.1. The molecule has 33 heavy (non-hydrogen) atoms. The van der Waals surface area contributed by atoms with Gasteiger partial charge in [-0.2, -0.15) is 0 Å².